The summed E-state index contributed by atoms with van der Waals surface area (Å²) >= 11 is 0. The highest BCUT2D eigenvalue weighted by Gasteiger charge is 2.41. The summed E-state index contributed by atoms with van der Waals surface area (Å²) in [4.78, 5) is 12.7. The van der Waals surface area contributed by atoms with Crippen LogP contribution in [0.5, 0.6) is 5.75 Å². The van der Waals surface area contributed by atoms with E-state index in [1.165, 1.54) is 7.11 Å². The summed E-state index contributed by atoms with van der Waals surface area (Å²) in [6.07, 6.45) is 0. The van der Waals surface area contributed by atoms with Crippen molar-refractivity contribution >= 4 is 27.3 Å². The van der Waals surface area contributed by atoms with Crippen LogP contribution < -0.4 is 25.6 Å². The molecular weight excluding hydrogens is 380 g/mol. The van der Waals surface area contributed by atoms with Crippen molar-refractivity contribution in [1.82, 2.24) is 10.9 Å². The molecule has 1 heterocycles. The minimum Gasteiger partial charge on any atom is -0.497 e. The third-order valence-electron chi connectivity index (χ3n) is 4.44. The summed E-state index contributed by atoms with van der Waals surface area (Å²) in [6, 6.07) is 12.2. The van der Waals surface area contributed by atoms with Crippen molar-refractivity contribution in [2.45, 2.75) is 19.2 Å². The molecule has 4 N–H and O–H groups in total. The van der Waals surface area contributed by atoms with Gasteiger partial charge in [-0.05, 0) is 61.4 Å². The molecule has 1 amide bonds. The van der Waals surface area contributed by atoms with Crippen LogP contribution in [0.1, 0.15) is 11.1 Å². The summed E-state index contributed by atoms with van der Waals surface area (Å²) < 4.78 is 33.2. The third-order valence-corrected chi connectivity index (χ3v) is 6.08. The molecule has 0 spiro atoms. The van der Waals surface area contributed by atoms with Crippen molar-refractivity contribution in [3.05, 3.63) is 53.6 Å². The van der Waals surface area contributed by atoms with Crippen LogP contribution in [0.4, 0.5) is 11.4 Å². The van der Waals surface area contributed by atoms with Gasteiger partial charge in [-0.25, -0.2) is 13.8 Å². The van der Waals surface area contributed by atoms with Crippen LogP contribution in [0.15, 0.2) is 42.5 Å². The van der Waals surface area contributed by atoms with E-state index in [2.05, 4.69) is 20.9 Å². The van der Waals surface area contributed by atoms with Crippen molar-refractivity contribution in [2.24, 2.45) is 5.92 Å². The fourth-order valence-electron chi connectivity index (χ4n) is 3.17. The number of nitrogens with one attached hydrogen (secondary N) is 4. The van der Waals surface area contributed by atoms with Gasteiger partial charge in [0.25, 0.3) is 10.0 Å². The second kappa shape index (κ2) is 8.17. The molecule has 2 aromatic carbocycles. The van der Waals surface area contributed by atoms with Gasteiger partial charge in [-0.1, -0.05) is 6.07 Å². The van der Waals surface area contributed by atoms with Crippen molar-refractivity contribution in [2.75, 3.05) is 23.7 Å². The summed E-state index contributed by atoms with van der Waals surface area (Å²) in [5.74, 6) is -0.543. The van der Waals surface area contributed by atoms with E-state index in [0.29, 0.717) is 17.1 Å². The number of anilines is 2. The molecular formula is C19H24N4O4S. The maximum Gasteiger partial charge on any atom is 0.250 e. The molecule has 2 atom stereocenters. The highest BCUT2D eigenvalue weighted by Crippen LogP contribution is 2.22. The van der Waals surface area contributed by atoms with Crippen molar-refractivity contribution in [3.63, 3.8) is 0 Å². The number of sulfonamides is 1. The van der Waals surface area contributed by atoms with E-state index in [0.717, 1.165) is 11.1 Å². The number of hydrogen-bond donors (Lipinski definition) is 4. The van der Waals surface area contributed by atoms with Crippen LogP contribution in [-0.2, 0) is 14.8 Å². The summed E-state index contributed by atoms with van der Waals surface area (Å²) in [6.45, 7) is 4.07. The van der Waals surface area contributed by atoms with Crippen LogP contribution in [0.25, 0.3) is 0 Å². The molecule has 0 aromatic heterocycles. The predicted molar refractivity (Wildman–Crippen MR) is 108 cm³/mol. The number of ether oxygens (including phenoxy) is 1. The maximum absolute atomic E-state index is 12.8. The molecule has 0 bridgehead atoms. The summed E-state index contributed by atoms with van der Waals surface area (Å²) in [5.41, 5.74) is 8.54. The Balaban J connectivity index is 1.73. The number of amides is 1. The van der Waals surface area contributed by atoms with Gasteiger partial charge in [-0.3, -0.25) is 14.9 Å². The fourth-order valence-corrected chi connectivity index (χ4v) is 4.65. The molecule has 0 radical (unpaired) electrons. The zero-order chi connectivity index (χ0) is 20.3. The Kier molecular flexibility index (Phi) is 5.87. The highest BCUT2D eigenvalue weighted by molar-refractivity contribution is 7.93. The Hall–Kier alpha value is -2.62. The van der Waals surface area contributed by atoms with E-state index in [1.54, 1.807) is 24.3 Å². The van der Waals surface area contributed by atoms with E-state index in [-0.39, 0.29) is 12.5 Å². The second-order valence-corrected chi connectivity index (χ2v) is 8.60. The standard InChI is InChI=1S/C19H24N4O4S/c1-12-8-13(2)10-15(9-12)21-18(24)17-11-20-22-19(17)28(25,26)23-14-4-6-16(27-3)7-5-14/h4-10,17,19-20,22-23H,11H2,1-3H3,(H,21,24). The molecule has 150 valence electrons. The van der Waals surface area contributed by atoms with E-state index in [9.17, 15) is 13.2 Å². The topological polar surface area (TPSA) is 109 Å². The number of hydrazine groups is 1. The smallest absolute Gasteiger partial charge is 0.250 e. The lowest BCUT2D eigenvalue weighted by Crippen LogP contribution is -2.45. The number of carbonyl (C=O) groups is 1. The molecule has 2 aromatic rings. The van der Waals surface area contributed by atoms with Crippen LogP contribution >= 0.6 is 0 Å². The van der Waals surface area contributed by atoms with Gasteiger partial charge in [0.1, 0.15) is 5.75 Å². The van der Waals surface area contributed by atoms with E-state index in [4.69, 9.17) is 4.74 Å². The maximum atomic E-state index is 12.8. The van der Waals surface area contributed by atoms with Crippen molar-refractivity contribution in [1.29, 1.82) is 0 Å². The van der Waals surface area contributed by atoms with Gasteiger partial charge in [0.2, 0.25) is 5.91 Å². The fraction of sp³-hybridized carbons (Fsp3) is 0.316. The van der Waals surface area contributed by atoms with E-state index < -0.39 is 21.3 Å². The van der Waals surface area contributed by atoms with Gasteiger partial charge < -0.3 is 10.1 Å². The molecule has 1 aliphatic heterocycles. The first-order valence-electron chi connectivity index (χ1n) is 8.82. The van der Waals surface area contributed by atoms with Gasteiger partial charge in [0, 0.05) is 17.9 Å². The minimum absolute atomic E-state index is 0.199. The molecule has 0 aliphatic carbocycles. The van der Waals surface area contributed by atoms with Gasteiger partial charge in [-0.15, -0.1) is 0 Å². The Morgan fingerprint density at radius 3 is 2.32 bits per heavy atom. The SMILES string of the molecule is COc1ccc(NS(=O)(=O)C2NNCC2C(=O)Nc2cc(C)cc(C)c2)cc1. The van der Waals surface area contributed by atoms with Crippen LogP contribution in [0.3, 0.4) is 0 Å². The van der Waals surface area contributed by atoms with Gasteiger partial charge in [0.05, 0.1) is 13.0 Å². The van der Waals surface area contributed by atoms with E-state index in [1.807, 2.05) is 32.0 Å². The molecule has 8 nitrogen and oxygen atoms in total. The lowest BCUT2D eigenvalue weighted by molar-refractivity contribution is -0.119. The Bertz CT molecular complexity index is 940. The summed E-state index contributed by atoms with van der Waals surface area (Å²) in [5, 5.41) is 1.71. The normalized spacial score (nSPS) is 19.2. The lowest BCUT2D eigenvalue weighted by Gasteiger charge is -2.20. The van der Waals surface area contributed by atoms with Crippen LogP contribution in [-0.4, -0.2) is 33.4 Å². The molecule has 1 fully saturated rings. The van der Waals surface area contributed by atoms with Crippen LogP contribution in [0, 0.1) is 19.8 Å². The number of rotatable bonds is 6. The first kappa shape index (κ1) is 20.1. The average Bonchev–Trinajstić information content (AvgIpc) is 3.12. The Morgan fingerprint density at radius 1 is 1.07 bits per heavy atom. The molecule has 2 unspecified atom stereocenters. The van der Waals surface area contributed by atoms with E-state index >= 15 is 0 Å². The average molecular weight is 404 g/mol. The summed E-state index contributed by atoms with van der Waals surface area (Å²) in [7, 11) is -2.33. The first-order chi connectivity index (χ1) is 13.3. The van der Waals surface area contributed by atoms with Gasteiger partial charge in [0.15, 0.2) is 5.37 Å². The third kappa shape index (κ3) is 4.61. The Morgan fingerprint density at radius 2 is 1.71 bits per heavy atom. The zero-order valence-electron chi connectivity index (χ0n) is 15.9. The van der Waals surface area contributed by atoms with Crippen LogP contribution in [0.2, 0.25) is 0 Å². The Labute approximate surface area is 164 Å². The molecule has 3 rings (SSSR count). The molecule has 1 aliphatic rings. The lowest BCUT2D eigenvalue weighted by atomic mass is 10.1. The molecule has 1 saturated heterocycles. The number of benzene rings is 2. The molecule has 9 heteroatoms. The second-order valence-electron chi connectivity index (χ2n) is 6.79. The molecule has 28 heavy (non-hydrogen) atoms. The van der Waals surface area contributed by atoms with Crippen molar-refractivity contribution < 1.29 is 17.9 Å². The molecule has 0 saturated carbocycles. The van der Waals surface area contributed by atoms with Gasteiger partial charge >= 0.3 is 0 Å². The monoisotopic (exact) mass is 404 g/mol. The first-order valence-corrected chi connectivity index (χ1v) is 10.4. The zero-order valence-corrected chi connectivity index (χ0v) is 16.8. The van der Waals surface area contributed by atoms with Gasteiger partial charge in [-0.2, -0.15) is 0 Å². The minimum atomic E-state index is -3.86. The quantitative estimate of drug-likeness (QED) is 0.584. The largest absolute Gasteiger partial charge is 0.497 e. The number of carbonyl (C=O) groups excluding carboxylic acids is 1. The van der Waals surface area contributed by atoms with Crippen molar-refractivity contribution in [3.8, 4) is 5.75 Å². The predicted octanol–water partition coefficient (Wildman–Crippen LogP) is 1.74. The highest BCUT2D eigenvalue weighted by atomic mass is 32.2. The number of aryl methyl sites for hydroxylation is 2. The number of hydrogen-bond acceptors (Lipinski definition) is 6. The number of methoxy groups -OCH3 is 1.